The van der Waals surface area contributed by atoms with Crippen molar-refractivity contribution in [2.24, 2.45) is 0 Å². The summed E-state index contributed by atoms with van der Waals surface area (Å²) in [6.07, 6.45) is 0. The van der Waals surface area contributed by atoms with Gasteiger partial charge in [0.1, 0.15) is 5.75 Å². The number of rotatable bonds is 3. The molecular weight excluding hydrogens is 297 g/mol. The second kappa shape index (κ2) is 6.16. The Kier molecular flexibility index (Phi) is 4.53. The third-order valence-corrected chi connectivity index (χ3v) is 3.40. The molecule has 0 bridgehead atoms. The maximum absolute atomic E-state index is 12.3. The first-order valence-corrected chi connectivity index (χ1v) is 6.71. The highest BCUT2D eigenvalue weighted by Crippen LogP contribution is 2.22. The molecule has 104 valence electrons. The predicted molar refractivity (Wildman–Crippen MR) is 80.4 cm³/mol. The van der Waals surface area contributed by atoms with E-state index in [4.69, 9.17) is 23.2 Å². The molecule has 0 aliphatic rings. The molecule has 0 aliphatic heterocycles. The van der Waals surface area contributed by atoms with Gasteiger partial charge in [0.25, 0.3) is 5.91 Å². The molecule has 0 fully saturated rings. The smallest absolute Gasteiger partial charge is 0.255 e. The number of carbonyl (C=O) groups is 1. The maximum atomic E-state index is 12.3. The largest absolute Gasteiger partial charge is 0.508 e. The lowest BCUT2D eigenvalue weighted by Crippen LogP contribution is -2.26. The van der Waals surface area contributed by atoms with Crippen molar-refractivity contribution < 1.29 is 9.90 Å². The molecule has 0 atom stereocenters. The highest BCUT2D eigenvalue weighted by atomic mass is 35.5. The summed E-state index contributed by atoms with van der Waals surface area (Å²) in [5, 5.41) is 10.2. The van der Waals surface area contributed by atoms with Gasteiger partial charge in [-0.15, -0.1) is 0 Å². The van der Waals surface area contributed by atoms with Crippen LogP contribution in [0.25, 0.3) is 0 Å². The van der Waals surface area contributed by atoms with Crippen LogP contribution >= 0.6 is 23.2 Å². The Morgan fingerprint density at radius 1 is 1.20 bits per heavy atom. The first-order chi connectivity index (χ1) is 9.47. The van der Waals surface area contributed by atoms with E-state index < -0.39 is 0 Å². The van der Waals surface area contributed by atoms with Gasteiger partial charge >= 0.3 is 0 Å². The Bertz CT molecular complexity index is 644. The van der Waals surface area contributed by atoms with E-state index in [0.29, 0.717) is 22.2 Å². The van der Waals surface area contributed by atoms with Crippen molar-refractivity contribution in [1.29, 1.82) is 0 Å². The molecule has 1 N–H and O–H groups in total. The zero-order valence-electron chi connectivity index (χ0n) is 10.8. The summed E-state index contributed by atoms with van der Waals surface area (Å²) in [5.41, 5.74) is 1.20. The Morgan fingerprint density at radius 3 is 2.65 bits per heavy atom. The van der Waals surface area contributed by atoms with Crippen LogP contribution in [0.3, 0.4) is 0 Å². The van der Waals surface area contributed by atoms with Crippen LogP contribution in [0, 0.1) is 0 Å². The lowest BCUT2D eigenvalue weighted by Gasteiger charge is -2.18. The average molecular weight is 310 g/mol. The van der Waals surface area contributed by atoms with Gasteiger partial charge in [-0.25, -0.2) is 0 Å². The van der Waals surface area contributed by atoms with Gasteiger partial charge in [-0.05, 0) is 35.9 Å². The van der Waals surface area contributed by atoms with E-state index >= 15 is 0 Å². The molecule has 0 heterocycles. The fraction of sp³-hybridized carbons (Fsp3) is 0.133. The minimum absolute atomic E-state index is 0.170. The molecule has 0 spiro atoms. The van der Waals surface area contributed by atoms with E-state index in [0.717, 1.165) is 5.56 Å². The average Bonchev–Trinajstić information content (AvgIpc) is 2.40. The quantitative estimate of drug-likeness (QED) is 0.932. The number of aromatic hydroxyl groups is 1. The van der Waals surface area contributed by atoms with Crippen LogP contribution in [0.2, 0.25) is 10.0 Å². The minimum atomic E-state index is -0.221. The molecule has 20 heavy (non-hydrogen) atoms. The van der Waals surface area contributed by atoms with Crippen LogP contribution in [0.4, 0.5) is 0 Å². The number of hydrogen-bond acceptors (Lipinski definition) is 2. The Morgan fingerprint density at radius 2 is 1.95 bits per heavy atom. The number of phenolic OH excluding ortho intramolecular Hbond substituents is 1. The third-order valence-electron chi connectivity index (χ3n) is 2.84. The van der Waals surface area contributed by atoms with E-state index in [1.54, 1.807) is 43.4 Å². The van der Waals surface area contributed by atoms with Crippen LogP contribution in [0.1, 0.15) is 15.9 Å². The lowest BCUT2D eigenvalue weighted by atomic mass is 10.1. The standard InChI is InChI=1S/C15H13Cl2NO2/c1-18(9-10-3-2-4-12(19)7-10)15(20)13-8-11(16)5-6-14(13)17/h2-8,19H,9H2,1H3. The van der Waals surface area contributed by atoms with Gasteiger partial charge in [-0.2, -0.15) is 0 Å². The fourth-order valence-corrected chi connectivity index (χ4v) is 2.24. The summed E-state index contributed by atoms with van der Waals surface area (Å²) in [6, 6.07) is 11.5. The summed E-state index contributed by atoms with van der Waals surface area (Å²) in [5.74, 6) is -0.0509. The zero-order valence-corrected chi connectivity index (χ0v) is 12.3. The Balaban J connectivity index is 2.18. The molecule has 5 heteroatoms. The number of carbonyl (C=O) groups excluding carboxylic acids is 1. The van der Waals surface area contributed by atoms with Crippen LogP contribution in [-0.4, -0.2) is 23.0 Å². The van der Waals surface area contributed by atoms with Gasteiger partial charge in [-0.1, -0.05) is 35.3 Å². The SMILES string of the molecule is CN(Cc1cccc(O)c1)C(=O)c1cc(Cl)ccc1Cl. The first-order valence-electron chi connectivity index (χ1n) is 5.96. The van der Waals surface area contributed by atoms with E-state index in [9.17, 15) is 9.90 Å². The van der Waals surface area contributed by atoms with Gasteiger partial charge in [0.05, 0.1) is 10.6 Å². The van der Waals surface area contributed by atoms with E-state index in [1.165, 1.54) is 4.90 Å². The number of benzene rings is 2. The van der Waals surface area contributed by atoms with Crippen LogP contribution < -0.4 is 0 Å². The number of hydrogen-bond donors (Lipinski definition) is 1. The molecule has 0 saturated carbocycles. The second-order valence-electron chi connectivity index (χ2n) is 4.46. The normalized spacial score (nSPS) is 10.3. The summed E-state index contributed by atoms with van der Waals surface area (Å²) >= 11 is 11.9. The highest BCUT2D eigenvalue weighted by Gasteiger charge is 2.16. The highest BCUT2D eigenvalue weighted by molar-refractivity contribution is 6.35. The van der Waals surface area contributed by atoms with E-state index in [2.05, 4.69) is 0 Å². The fourth-order valence-electron chi connectivity index (χ4n) is 1.87. The molecule has 3 nitrogen and oxygen atoms in total. The molecule has 0 unspecified atom stereocenters. The van der Waals surface area contributed by atoms with E-state index in [1.807, 2.05) is 6.07 Å². The molecule has 0 aliphatic carbocycles. The summed E-state index contributed by atoms with van der Waals surface area (Å²) in [4.78, 5) is 13.8. The molecule has 2 aromatic rings. The second-order valence-corrected chi connectivity index (χ2v) is 5.30. The predicted octanol–water partition coefficient (Wildman–Crippen LogP) is 3.97. The van der Waals surface area contributed by atoms with Crippen molar-refractivity contribution in [3.63, 3.8) is 0 Å². The number of nitrogens with zero attached hydrogens (tertiary/aromatic N) is 1. The maximum Gasteiger partial charge on any atom is 0.255 e. The van der Waals surface area contributed by atoms with Gasteiger partial charge in [-0.3, -0.25) is 4.79 Å². The molecule has 0 saturated heterocycles. The van der Waals surface area contributed by atoms with Crippen LogP contribution in [-0.2, 0) is 6.54 Å². The molecule has 0 aromatic heterocycles. The Hall–Kier alpha value is -1.71. The minimum Gasteiger partial charge on any atom is -0.508 e. The molecule has 2 aromatic carbocycles. The van der Waals surface area contributed by atoms with Gasteiger partial charge in [0.15, 0.2) is 0 Å². The molecule has 0 radical (unpaired) electrons. The van der Waals surface area contributed by atoms with Gasteiger partial charge in [0, 0.05) is 18.6 Å². The van der Waals surface area contributed by atoms with Gasteiger partial charge < -0.3 is 10.0 Å². The van der Waals surface area contributed by atoms with Crippen molar-refractivity contribution in [2.45, 2.75) is 6.54 Å². The summed E-state index contributed by atoms with van der Waals surface area (Å²) < 4.78 is 0. The van der Waals surface area contributed by atoms with Crippen molar-refractivity contribution in [3.05, 3.63) is 63.6 Å². The summed E-state index contributed by atoms with van der Waals surface area (Å²) in [6.45, 7) is 0.371. The molecular formula is C15H13Cl2NO2. The van der Waals surface area contributed by atoms with Gasteiger partial charge in [0.2, 0.25) is 0 Å². The van der Waals surface area contributed by atoms with Crippen molar-refractivity contribution in [3.8, 4) is 5.75 Å². The number of halogens is 2. The van der Waals surface area contributed by atoms with Crippen molar-refractivity contribution in [2.75, 3.05) is 7.05 Å². The third kappa shape index (κ3) is 3.44. The zero-order chi connectivity index (χ0) is 14.7. The first kappa shape index (κ1) is 14.7. The monoisotopic (exact) mass is 309 g/mol. The lowest BCUT2D eigenvalue weighted by molar-refractivity contribution is 0.0785. The summed E-state index contributed by atoms with van der Waals surface area (Å²) in [7, 11) is 1.67. The molecule has 2 rings (SSSR count). The van der Waals surface area contributed by atoms with Crippen molar-refractivity contribution >= 4 is 29.1 Å². The van der Waals surface area contributed by atoms with Crippen LogP contribution in [0.5, 0.6) is 5.75 Å². The van der Waals surface area contributed by atoms with Crippen LogP contribution in [0.15, 0.2) is 42.5 Å². The number of amides is 1. The molecule has 1 amide bonds. The van der Waals surface area contributed by atoms with E-state index in [-0.39, 0.29) is 11.7 Å². The Labute approximate surface area is 127 Å². The topological polar surface area (TPSA) is 40.5 Å². The number of phenols is 1. The van der Waals surface area contributed by atoms with Crippen molar-refractivity contribution in [1.82, 2.24) is 4.90 Å².